The minimum Gasteiger partial charge on any atom is -0.481 e. The maximum absolute atomic E-state index is 13.3. The normalized spacial score (nSPS) is 11.4. The third kappa shape index (κ3) is 2.56. The minimum absolute atomic E-state index is 0.0323. The van der Waals surface area contributed by atoms with Crippen LogP contribution >= 0.6 is 0 Å². The fourth-order valence-electron chi connectivity index (χ4n) is 1.38. The molecule has 0 bridgehead atoms. The first-order valence-corrected chi connectivity index (χ1v) is 5.80. The third-order valence-corrected chi connectivity index (χ3v) is 3.18. The minimum atomic E-state index is -3.97. The van der Waals surface area contributed by atoms with Crippen molar-refractivity contribution < 1.29 is 22.7 Å². The number of carboxylic acids is 1. The molecule has 5 nitrogen and oxygen atoms in total. The molecule has 1 aromatic carbocycles. The first-order valence-electron chi connectivity index (χ1n) is 4.26. The van der Waals surface area contributed by atoms with Gasteiger partial charge in [0.1, 0.15) is 5.82 Å². The van der Waals surface area contributed by atoms with Gasteiger partial charge in [0, 0.05) is 5.56 Å². The van der Waals surface area contributed by atoms with Gasteiger partial charge in [-0.1, -0.05) is 0 Å². The molecule has 0 unspecified atom stereocenters. The molecule has 0 atom stereocenters. The van der Waals surface area contributed by atoms with Crippen molar-refractivity contribution in [2.45, 2.75) is 18.2 Å². The number of hydrogen-bond donors (Lipinski definition) is 2. The number of carbonyl (C=O) groups is 1. The molecule has 0 aromatic heterocycles. The molecule has 0 aliphatic carbocycles. The molecular formula is C9H10FNO4S. The molecule has 0 heterocycles. The van der Waals surface area contributed by atoms with Gasteiger partial charge in [-0.15, -0.1) is 0 Å². The number of benzene rings is 1. The summed E-state index contributed by atoms with van der Waals surface area (Å²) < 4.78 is 35.5. The van der Waals surface area contributed by atoms with Crippen molar-refractivity contribution in [3.8, 4) is 0 Å². The molecule has 16 heavy (non-hydrogen) atoms. The molecule has 1 aromatic rings. The lowest BCUT2D eigenvalue weighted by Gasteiger charge is -2.09. The molecule has 3 N–H and O–H groups in total. The van der Waals surface area contributed by atoms with Crippen LogP contribution in [0.4, 0.5) is 4.39 Å². The molecule has 88 valence electrons. The number of rotatable bonds is 3. The van der Waals surface area contributed by atoms with E-state index in [1.54, 1.807) is 0 Å². The number of nitrogens with two attached hydrogens (primary N) is 1. The molecule has 0 aliphatic heterocycles. The van der Waals surface area contributed by atoms with Gasteiger partial charge in [-0.25, -0.2) is 17.9 Å². The first-order chi connectivity index (χ1) is 7.23. The van der Waals surface area contributed by atoms with Crippen LogP contribution in [0.15, 0.2) is 17.0 Å². The third-order valence-electron chi connectivity index (χ3n) is 2.13. The highest BCUT2D eigenvalue weighted by molar-refractivity contribution is 7.89. The molecule has 0 saturated heterocycles. The molecule has 1 rings (SSSR count). The van der Waals surface area contributed by atoms with Crippen LogP contribution in [0, 0.1) is 12.7 Å². The van der Waals surface area contributed by atoms with Crippen LogP contribution in [0.1, 0.15) is 11.1 Å². The summed E-state index contributed by atoms with van der Waals surface area (Å²) in [7, 11) is -3.97. The second-order valence-corrected chi connectivity index (χ2v) is 4.79. The second-order valence-electron chi connectivity index (χ2n) is 3.26. The van der Waals surface area contributed by atoms with Crippen LogP contribution in [0.5, 0.6) is 0 Å². The summed E-state index contributed by atoms with van der Waals surface area (Å²) in [5.41, 5.74) is -0.135. The lowest BCUT2D eigenvalue weighted by atomic mass is 10.1. The van der Waals surface area contributed by atoms with Gasteiger partial charge < -0.3 is 5.11 Å². The van der Waals surface area contributed by atoms with Gasteiger partial charge in [0.25, 0.3) is 0 Å². The summed E-state index contributed by atoms with van der Waals surface area (Å²) >= 11 is 0. The van der Waals surface area contributed by atoms with Crippen molar-refractivity contribution in [1.29, 1.82) is 0 Å². The van der Waals surface area contributed by atoms with E-state index in [1.807, 2.05) is 0 Å². The Hall–Kier alpha value is -1.47. The topological polar surface area (TPSA) is 97.5 Å². The fraction of sp³-hybridized carbons (Fsp3) is 0.222. The zero-order valence-electron chi connectivity index (χ0n) is 8.40. The first kappa shape index (κ1) is 12.6. The Kier molecular flexibility index (Phi) is 3.30. The van der Waals surface area contributed by atoms with Crippen LogP contribution in [0.3, 0.4) is 0 Å². The number of halogens is 1. The zero-order chi connectivity index (χ0) is 12.5. The Morgan fingerprint density at radius 2 is 2.06 bits per heavy atom. The fourth-order valence-corrected chi connectivity index (χ4v) is 2.19. The van der Waals surface area contributed by atoms with Crippen molar-refractivity contribution in [3.05, 3.63) is 29.1 Å². The molecule has 0 spiro atoms. The van der Waals surface area contributed by atoms with E-state index in [0.717, 1.165) is 12.1 Å². The Morgan fingerprint density at radius 3 is 2.50 bits per heavy atom. The predicted octanol–water partition coefficient (Wildman–Crippen LogP) is 0.409. The average Bonchev–Trinajstić information content (AvgIpc) is 2.09. The van der Waals surface area contributed by atoms with Crippen molar-refractivity contribution in [2.24, 2.45) is 5.14 Å². The van der Waals surface area contributed by atoms with Gasteiger partial charge in [-0.2, -0.15) is 0 Å². The van der Waals surface area contributed by atoms with Crippen LogP contribution in [0.25, 0.3) is 0 Å². The van der Waals surface area contributed by atoms with E-state index >= 15 is 0 Å². The van der Waals surface area contributed by atoms with Crippen molar-refractivity contribution >= 4 is 16.0 Å². The maximum Gasteiger partial charge on any atom is 0.307 e. The maximum atomic E-state index is 13.3. The van der Waals surface area contributed by atoms with Crippen LogP contribution in [-0.4, -0.2) is 19.5 Å². The summed E-state index contributed by atoms with van der Waals surface area (Å²) in [6.07, 6.45) is -0.582. The van der Waals surface area contributed by atoms with Crippen molar-refractivity contribution in [1.82, 2.24) is 0 Å². The van der Waals surface area contributed by atoms with Gasteiger partial charge in [-0.05, 0) is 24.6 Å². The number of hydrogen-bond acceptors (Lipinski definition) is 3. The molecule has 0 aliphatic rings. The summed E-state index contributed by atoms with van der Waals surface area (Å²) in [6, 6.07) is 1.91. The Bertz CT molecular complexity index is 539. The number of aliphatic carboxylic acids is 1. The van der Waals surface area contributed by atoms with Gasteiger partial charge in [0.05, 0.1) is 11.3 Å². The lowest BCUT2D eigenvalue weighted by Crippen LogP contribution is -2.16. The monoisotopic (exact) mass is 247 g/mol. The average molecular weight is 247 g/mol. The molecule has 0 radical (unpaired) electrons. The van der Waals surface area contributed by atoms with Crippen LogP contribution < -0.4 is 5.14 Å². The SMILES string of the molecule is Cc1c(S(N)(=O)=O)ccc(F)c1CC(=O)O. The quantitative estimate of drug-likeness (QED) is 0.808. The highest BCUT2D eigenvalue weighted by Gasteiger charge is 2.18. The number of sulfonamides is 1. The summed E-state index contributed by atoms with van der Waals surface area (Å²) in [6.45, 7) is 1.32. The van der Waals surface area contributed by atoms with E-state index in [1.165, 1.54) is 6.92 Å². The zero-order valence-corrected chi connectivity index (χ0v) is 9.21. The Morgan fingerprint density at radius 1 is 1.50 bits per heavy atom. The molecular weight excluding hydrogens is 237 g/mol. The van der Waals surface area contributed by atoms with E-state index in [2.05, 4.69) is 0 Å². The Balaban J connectivity index is 3.44. The molecule has 7 heteroatoms. The van der Waals surface area contributed by atoms with Gasteiger partial charge in [-0.3, -0.25) is 4.79 Å². The standard InChI is InChI=1S/C9H10FNO4S/c1-5-6(4-9(12)13)7(10)2-3-8(5)16(11,14)15/h2-3H,4H2,1H3,(H,12,13)(H2,11,14,15). The smallest absolute Gasteiger partial charge is 0.307 e. The second kappa shape index (κ2) is 4.18. The van der Waals surface area contributed by atoms with E-state index in [9.17, 15) is 17.6 Å². The number of primary sulfonamides is 1. The van der Waals surface area contributed by atoms with Gasteiger partial charge >= 0.3 is 5.97 Å². The van der Waals surface area contributed by atoms with Crippen molar-refractivity contribution in [2.75, 3.05) is 0 Å². The van der Waals surface area contributed by atoms with Crippen LogP contribution in [0.2, 0.25) is 0 Å². The van der Waals surface area contributed by atoms with E-state index in [4.69, 9.17) is 10.2 Å². The van der Waals surface area contributed by atoms with E-state index < -0.39 is 28.2 Å². The largest absolute Gasteiger partial charge is 0.481 e. The van der Waals surface area contributed by atoms with Crippen LogP contribution in [-0.2, 0) is 21.2 Å². The molecule has 0 saturated carbocycles. The molecule has 0 amide bonds. The highest BCUT2D eigenvalue weighted by atomic mass is 32.2. The van der Waals surface area contributed by atoms with E-state index in [0.29, 0.717) is 0 Å². The van der Waals surface area contributed by atoms with Gasteiger partial charge in [0.2, 0.25) is 10.0 Å². The molecule has 0 fully saturated rings. The summed E-state index contributed by atoms with van der Waals surface area (Å²) in [4.78, 5) is 10.2. The Labute approximate surface area is 91.7 Å². The summed E-state index contributed by atoms with van der Waals surface area (Å²) in [5, 5.41) is 13.5. The summed E-state index contributed by atoms with van der Waals surface area (Å²) in [5.74, 6) is -2.00. The van der Waals surface area contributed by atoms with Gasteiger partial charge in [0.15, 0.2) is 0 Å². The van der Waals surface area contributed by atoms with Crippen molar-refractivity contribution in [3.63, 3.8) is 0 Å². The highest BCUT2D eigenvalue weighted by Crippen LogP contribution is 2.21. The number of carboxylic acid groups (broad SMARTS) is 1. The van der Waals surface area contributed by atoms with E-state index in [-0.39, 0.29) is 16.0 Å². The lowest BCUT2D eigenvalue weighted by molar-refractivity contribution is -0.136. The predicted molar refractivity (Wildman–Crippen MR) is 53.9 cm³/mol.